The second-order valence-corrected chi connectivity index (χ2v) is 3.38. The third kappa shape index (κ3) is 8.18. The summed E-state index contributed by atoms with van der Waals surface area (Å²) in [4.78, 5) is 29.0. The van der Waals surface area contributed by atoms with Crippen molar-refractivity contribution in [3.05, 3.63) is 0 Å². The van der Waals surface area contributed by atoms with E-state index in [1.165, 1.54) is 0 Å². The molecule has 0 unspecified atom stereocenters. The first-order valence-corrected chi connectivity index (χ1v) is 4.86. The molecule has 19 heavy (non-hydrogen) atoms. The Hall–Kier alpha value is -1.59. The molecule has 0 radical (unpaired) electrons. The van der Waals surface area contributed by atoms with Gasteiger partial charge in [-0.2, -0.15) is 0 Å². The van der Waals surface area contributed by atoms with Crippen molar-refractivity contribution >= 4 is 17.7 Å². The molecule has 0 fully saturated rings. The maximum Gasteiger partial charge on any atom is 0.371 e. The molecule has 0 heterocycles. The monoisotopic (exact) mass is 284 g/mol. The van der Waals surface area contributed by atoms with Gasteiger partial charge in [-0.15, -0.1) is 0 Å². The Balaban J connectivity index is 0. The fourth-order valence-electron chi connectivity index (χ4n) is 0.668. The summed E-state index contributed by atoms with van der Waals surface area (Å²) < 4.78 is 0. The second-order valence-electron chi connectivity index (χ2n) is 3.38. The van der Waals surface area contributed by atoms with Gasteiger partial charge in [0.25, 0.3) is 0 Å². The number of hydrogen-bond donors (Lipinski definition) is 7. The SMILES string of the molecule is CC(=O)C(=O)O.O=C(O)[C@H](O)[C@@H](O)[C@H](O)[C@H](O)CO. The van der Waals surface area contributed by atoms with Crippen molar-refractivity contribution in [1.82, 2.24) is 0 Å². The Morgan fingerprint density at radius 3 is 1.53 bits per heavy atom. The van der Waals surface area contributed by atoms with Gasteiger partial charge in [-0.25, -0.2) is 9.59 Å². The molecule has 0 aromatic heterocycles. The van der Waals surface area contributed by atoms with Gasteiger partial charge in [-0.3, -0.25) is 4.79 Å². The van der Waals surface area contributed by atoms with Gasteiger partial charge in [0.15, 0.2) is 6.10 Å². The van der Waals surface area contributed by atoms with E-state index < -0.39 is 48.7 Å². The molecular formula is C9H16O10. The predicted molar refractivity (Wildman–Crippen MR) is 57.1 cm³/mol. The van der Waals surface area contributed by atoms with Crippen LogP contribution in [0.15, 0.2) is 0 Å². The fourth-order valence-corrected chi connectivity index (χ4v) is 0.668. The van der Waals surface area contributed by atoms with E-state index in [1.807, 2.05) is 0 Å². The second kappa shape index (κ2) is 9.35. The summed E-state index contributed by atoms with van der Waals surface area (Å²) in [7, 11) is 0. The maximum atomic E-state index is 10.1. The minimum atomic E-state index is -2.20. The number of aliphatic hydroxyl groups excluding tert-OH is 5. The summed E-state index contributed by atoms with van der Waals surface area (Å²) in [6, 6.07) is 0. The highest BCUT2D eigenvalue weighted by molar-refractivity contribution is 6.31. The summed E-state index contributed by atoms with van der Waals surface area (Å²) in [5, 5.41) is 59.5. The van der Waals surface area contributed by atoms with Gasteiger partial charge in [0.1, 0.15) is 18.3 Å². The number of carbonyl (C=O) groups excluding carboxylic acids is 1. The van der Waals surface area contributed by atoms with Gasteiger partial charge in [0.05, 0.1) is 6.61 Å². The molecule has 0 aromatic carbocycles. The van der Waals surface area contributed by atoms with Crippen LogP contribution in [0.1, 0.15) is 6.92 Å². The number of carboxylic acids is 2. The molecule has 0 aliphatic carbocycles. The first-order chi connectivity index (χ1) is 8.56. The highest BCUT2D eigenvalue weighted by Gasteiger charge is 2.33. The molecule has 0 rings (SSSR count). The molecule has 112 valence electrons. The molecule has 0 aliphatic heterocycles. The topological polar surface area (TPSA) is 193 Å². The average Bonchev–Trinajstić information content (AvgIpc) is 2.35. The van der Waals surface area contributed by atoms with Crippen molar-refractivity contribution < 1.29 is 50.1 Å². The van der Waals surface area contributed by atoms with Crippen LogP contribution in [0.4, 0.5) is 0 Å². The van der Waals surface area contributed by atoms with Gasteiger partial charge < -0.3 is 35.7 Å². The summed E-state index contributed by atoms with van der Waals surface area (Å²) in [5.74, 6) is -3.93. The molecule has 0 aromatic rings. The molecule has 0 aliphatic rings. The first kappa shape index (κ1) is 19.7. The van der Waals surface area contributed by atoms with E-state index in [1.54, 1.807) is 0 Å². The molecule has 4 atom stereocenters. The Morgan fingerprint density at radius 2 is 1.32 bits per heavy atom. The van der Waals surface area contributed by atoms with Gasteiger partial charge in [0.2, 0.25) is 5.78 Å². The van der Waals surface area contributed by atoms with E-state index >= 15 is 0 Å². The number of aliphatic hydroxyl groups is 5. The Kier molecular flexibility index (Phi) is 9.72. The molecule has 10 heteroatoms. The number of hydrogen-bond acceptors (Lipinski definition) is 8. The lowest BCUT2D eigenvalue weighted by Gasteiger charge is -2.23. The number of ketones is 1. The van der Waals surface area contributed by atoms with E-state index in [2.05, 4.69) is 0 Å². The third-order valence-corrected chi connectivity index (χ3v) is 1.81. The normalized spacial score (nSPS) is 16.3. The van der Waals surface area contributed by atoms with Crippen molar-refractivity contribution in [3.63, 3.8) is 0 Å². The number of aliphatic carboxylic acids is 2. The average molecular weight is 284 g/mol. The zero-order chi connectivity index (χ0) is 15.7. The molecular weight excluding hydrogens is 268 g/mol. The standard InChI is InChI=1S/C6H12O7.C3H4O3/c7-1-2(8)3(9)4(10)5(11)6(12)13;1-2(4)3(5)6/h2-5,7-11H,1H2,(H,12,13);1H3,(H,5,6)/t2-,3-,4+,5-;/m1./s1. The molecule has 0 saturated carbocycles. The number of Topliss-reactive ketones (excluding diaryl/α,β-unsaturated/α-hetero) is 1. The van der Waals surface area contributed by atoms with Crippen LogP contribution in [0.2, 0.25) is 0 Å². The summed E-state index contributed by atoms with van der Waals surface area (Å²) in [6.07, 6.45) is -7.84. The molecule has 10 nitrogen and oxygen atoms in total. The van der Waals surface area contributed by atoms with Gasteiger partial charge >= 0.3 is 11.9 Å². The van der Waals surface area contributed by atoms with Gasteiger partial charge in [-0.1, -0.05) is 0 Å². The maximum absolute atomic E-state index is 10.1. The zero-order valence-corrected chi connectivity index (χ0v) is 9.87. The predicted octanol–water partition coefficient (Wildman–Crippen LogP) is -3.83. The van der Waals surface area contributed by atoms with E-state index in [9.17, 15) is 14.4 Å². The number of carbonyl (C=O) groups is 3. The highest BCUT2D eigenvalue weighted by atomic mass is 16.4. The van der Waals surface area contributed by atoms with Crippen molar-refractivity contribution in [1.29, 1.82) is 0 Å². The highest BCUT2D eigenvalue weighted by Crippen LogP contribution is 2.04. The van der Waals surface area contributed by atoms with Gasteiger partial charge in [-0.05, 0) is 0 Å². The third-order valence-electron chi connectivity index (χ3n) is 1.81. The molecule has 0 spiro atoms. The van der Waals surface area contributed by atoms with Crippen molar-refractivity contribution in [2.24, 2.45) is 0 Å². The number of rotatable bonds is 6. The van der Waals surface area contributed by atoms with Crippen LogP contribution >= 0.6 is 0 Å². The summed E-state index contributed by atoms with van der Waals surface area (Å²) in [5.41, 5.74) is 0. The van der Waals surface area contributed by atoms with Gasteiger partial charge in [0, 0.05) is 6.92 Å². The summed E-state index contributed by atoms with van der Waals surface area (Å²) >= 11 is 0. The smallest absolute Gasteiger partial charge is 0.371 e. The fraction of sp³-hybridized carbons (Fsp3) is 0.667. The van der Waals surface area contributed by atoms with E-state index in [0.717, 1.165) is 6.92 Å². The van der Waals surface area contributed by atoms with Crippen LogP contribution in [-0.2, 0) is 14.4 Å². The van der Waals surface area contributed by atoms with Crippen molar-refractivity contribution in [2.45, 2.75) is 31.3 Å². The molecule has 0 amide bonds. The van der Waals surface area contributed by atoms with Crippen LogP contribution in [0.5, 0.6) is 0 Å². The molecule has 0 bridgehead atoms. The van der Waals surface area contributed by atoms with Crippen LogP contribution in [-0.4, -0.2) is 84.5 Å². The van der Waals surface area contributed by atoms with Crippen LogP contribution in [0.25, 0.3) is 0 Å². The largest absolute Gasteiger partial charge is 0.479 e. The minimum Gasteiger partial charge on any atom is -0.479 e. The minimum absolute atomic E-state index is 0.824. The first-order valence-electron chi connectivity index (χ1n) is 4.86. The lowest BCUT2D eigenvalue weighted by Crippen LogP contribution is -2.48. The zero-order valence-electron chi connectivity index (χ0n) is 9.87. The van der Waals surface area contributed by atoms with Crippen LogP contribution in [0, 0.1) is 0 Å². The number of carboxylic acid groups (broad SMARTS) is 2. The Bertz CT molecular complexity index is 302. The summed E-state index contributed by atoms with van der Waals surface area (Å²) in [6.45, 7) is 0.160. The van der Waals surface area contributed by atoms with Crippen LogP contribution < -0.4 is 0 Å². The van der Waals surface area contributed by atoms with Crippen molar-refractivity contribution in [2.75, 3.05) is 6.61 Å². The lowest BCUT2D eigenvalue weighted by molar-refractivity contribution is -0.164. The van der Waals surface area contributed by atoms with E-state index in [0.29, 0.717) is 0 Å². The quantitative estimate of drug-likeness (QED) is 0.237. The van der Waals surface area contributed by atoms with E-state index in [4.69, 9.17) is 35.7 Å². The molecule has 0 saturated heterocycles. The lowest BCUT2D eigenvalue weighted by atomic mass is 10.0. The van der Waals surface area contributed by atoms with Crippen molar-refractivity contribution in [3.8, 4) is 0 Å². The van der Waals surface area contributed by atoms with Crippen LogP contribution in [0.3, 0.4) is 0 Å². The molecule has 7 N–H and O–H groups in total. The van der Waals surface area contributed by atoms with E-state index in [-0.39, 0.29) is 0 Å². The Morgan fingerprint density at radius 1 is 0.947 bits per heavy atom. The Labute approximate surface area is 107 Å².